The van der Waals surface area contributed by atoms with Gasteiger partial charge in [-0.05, 0) is 0 Å². The Balaban J connectivity index is 0.000000205. The van der Waals surface area contributed by atoms with Gasteiger partial charge in [-0.25, -0.2) is 12.2 Å². The van der Waals surface area contributed by atoms with E-state index in [1.165, 1.54) is 21.9 Å². The van der Waals surface area contributed by atoms with E-state index in [4.69, 9.17) is 0 Å². The van der Waals surface area contributed by atoms with Crippen LogP contribution in [0.5, 0.6) is 0 Å². The topological polar surface area (TPSA) is 0 Å². The van der Waals surface area contributed by atoms with Gasteiger partial charge in [-0.2, -0.15) is 11.6 Å². The number of aryl methyl sites for hydroxylation is 2. The van der Waals surface area contributed by atoms with Gasteiger partial charge in [-0.15, -0.1) is 47.0 Å². The summed E-state index contributed by atoms with van der Waals surface area (Å²) in [6, 6.07) is 10.8. The quantitative estimate of drug-likeness (QED) is 0.629. The molecule has 2 aromatic rings. The van der Waals surface area contributed by atoms with Crippen molar-refractivity contribution >= 4 is 10.8 Å². The van der Waals surface area contributed by atoms with Crippen LogP contribution in [0.2, 0.25) is 0 Å². The van der Waals surface area contributed by atoms with Gasteiger partial charge in [0.05, 0.1) is 0 Å². The number of rotatable bonds is 0. The Kier molecular flexibility index (Phi) is 5.71. The molecule has 3 rings (SSSR count). The Hall–Kier alpha value is -0.807. The van der Waals surface area contributed by atoms with Gasteiger partial charge in [-0.3, -0.25) is 6.08 Å². The molecule has 1 aliphatic rings. The van der Waals surface area contributed by atoms with Crippen LogP contribution in [-0.2, 0) is 26.2 Å². The van der Waals surface area contributed by atoms with E-state index < -0.39 is 0 Å². The van der Waals surface area contributed by atoms with Crippen molar-refractivity contribution in [3.8, 4) is 0 Å². The molecule has 0 fully saturated rings. The van der Waals surface area contributed by atoms with E-state index in [2.05, 4.69) is 56.3 Å². The molecule has 0 amide bonds. The number of benzene rings is 1. The molecule has 0 heterocycles. The molecule has 0 atom stereocenters. The molecule has 84 valence electrons. The first-order valence-corrected chi connectivity index (χ1v) is 5.62. The van der Waals surface area contributed by atoms with Gasteiger partial charge in [0.15, 0.2) is 0 Å². The normalized spacial score (nSPS) is 12.1. The maximum Gasteiger partial charge on any atom is 2.00 e. The summed E-state index contributed by atoms with van der Waals surface area (Å²) in [4.78, 5) is 0. The van der Waals surface area contributed by atoms with Crippen LogP contribution in [0.3, 0.4) is 0 Å². The molecule has 0 unspecified atom stereocenters. The van der Waals surface area contributed by atoms with Crippen LogP contribution >= 0.6 is 0 Å². The summed E-state index contributed by atoms with van der Waals surface area (Å²) in [5.41, 5.74) is 2.77. The van der Waals surface area contributed by atoms with E-state index in [-0.39, 0.29) is 26.2 Å². The summed E-state index contributed by atoms with van der Waals surface area (Å²) in [5, 5.41) is 2.79. The molecule has 0 bridgehead atoms. The van der Waals surface area contributed by atoms with Crippen LogP contribution < -0.4 is 0 Å². The fourth-order valence-electron chi connectivity index (χ4n) is 1.99. The summed E-state index contributed by atoms with van der Waals surface area (Å²) in [7, 11) is 0. The summed E-state index contributed by atoms with van der Waals surface area (Å²) >= 11 is 0. The van der Waals surface area contributed by atoms with Crippen LogP contribution in [0.4, 0.5) is 0 Å². The largest absolute Gasteiger partial charge is 2.00 e. The van der Waals surface area contributed by atoms with Gasteiger partial charge < -0.3 is 0 Å². The van der Waals surface area contributed by atoms with Crippen molar-refractivity contribution < 1.29 is 26.2 Å². The first-order chi connectivity index (χ1) is 7.79. The van der Waals surface area contributed by atoms with E-state index in [9.17, 15) is 0 Å². The first-order valence-electron chi connectivity index (χ1n) is 5.62. The molecule has 0 aliphatic heterocycles. The maximum atomic E-state index is 2.99. The first kappa shape index (κ1) is 14.3. The van der Waals surface area contributed by atoms with Gasteiger partial charge in [0, 0.05) is 0 Å². The molecule has 0 nitrogen and oxygen atoms in total. The minimum atomic E-state index is 0. The Bertz CT molecular complexity index is 483. The fourth-order valence-corrected chi connectivity index (χ4v) is 1.99. The molecule has 17 heavy (non-hydrogen) atoms. The SMILES string of the molecule is Cc1c[c-](C)c2ccccc12.[C-]1=CC=CC1.[Zr+2]. The second-order valence-corrected chi connectivity index (χ2v) is 4.06. The molecule has 0 aromatic heterocycles. The van der Waals surface area contributed by atoms with Crippen LogP contribution in [-0.4, -0.2) is 0 Å². The van der Waals surface area contributed by atoms with Crippen molar-refractivity contribution in [2.45, 2.75) is 20.3 Å². The maximum absolute atomic E-state index is 2.99. The third-order valence-corrected chi connectivity index (χ3v) is 2.80. The summed E-state index contributed by atoms with van der Waals surface area (Å²) in [5.74, 6) is 0. The van der Waals surface area contributed by atoms with Gasteiger partial charge in [0.1, 0.15) is 0 Å². The van der Waals surface area contributed by atoms with Gasteiger partial charge in [-0.1, -0.05) is 19.9 Å². The Morgan fingerprint density at radius 3 is 2.53 bits per heavy atom. The molecule has 1 heteroatoms. The summed E-state index contributed by atoms with van der Waals surface area (Å²) in [6.07, 6.45) is 10.0. The second-order valence-electron chi connectivity index (χ2n) is 4.06. The predicted octanol–water partition coefficient (Wildman–Crippen LogP) is 4.48. The van der Waals surface area contributed by atoms with E-state index in [0.29, 0.717) is 0 Å². The monoisotopic (exact) mass is 298 g/mol. The smallest absolute Gasteiger partial charge is 0.273 e. The zero-order chi connectivity index (χ0) is 11.4. The van der Waals surface area contributed by atoms with Crippen LogP contribution in [0, 0.1) is 19.9 Å². The van der Waals surface area contributed by atoms with E-state index >= 15 is 0 Å². The molecule has 0 radical (unpaired) electrons. The number of hydrogen-bond acceptors (Lipinski definition) is 0. The van der Waals surface area contributed by atoms with Crippen molar-refractivity contribution in [1.82, 2.24) is 0 Å². The van der Waals surface area contributed by atoms with Crippen molar-refractivity contribution in [2.75, 3.05) is 0 Å². The molecule has 0 saturated heterocycles. The minimum Gasteiger partial charge on any atom is -0.273 e. The molecule has 2 aromatic carbocycles. The van der Waals surface area contributed by atoms with Gasteiger partial charge >= 0.3 is 26.2 Å². The molecule has 0 spiro atoms. The average molecular weight is 300 g/mol. The van der Waals surface area contributed by atoms with Crippen molar-refractivity contribution in [1.29, 1.82) is 0 Å². The molecular weight excluding hydrogens is 283 g/mol. The standard InChI is InChI=1S/C11H11.C5H5.Zr/c1-8-7-9(2)11-6-4-3-5-10(8)11;1-2-4-5-3-1;/h3-7H,1-2H3;1-3H,4H2;/q2*-1;+2. The van der Waals surface area contributed by atoms with Crippen molar-refractivity contribution in [3.63, 3.8) is 0 Å². The van der Waals surface area contributed by atoms with Crippen molar-refractivity contribution in [3.05, 3.63) is 65.8 Å². The average Bonchev–Trinajstić information content (AvgIpc) is 2.94. The zero-order valence-electron chi connectivity index (χ0n) is 10.3. The van der Waals surface area contributed by atoms with Crippen molar-refractivity contribution in [2.24, 2.45) is 0 Å². The number of fused-ring (bicyclic) bond motifs is 1. The van der Waals surface area contributed by atoms with Gasteiger partial charge in [0.25, 0.3) is 0 Å². The van der Waals surface area contributed by atoms with Crippen LogP contribution in [0.1, 0.15) is 17.5 Å². The van der Waals surface area contributed by atoms with E-state index in [1.54, 1.807) is 0 Å². The summed E-state index contributed by atoms with van der Waals surface area (Å²) < 4.78 is 0. The Morgan fingerprint density at radius 2 is 2.00 bits per heavy atom. The third-order valence-electron chi connectivity index (χ3n) is 2.80. The molecule has 0 N–H and O–H groups in total. The Morgan fingerprint density at radius 1 is 1.24 bits per heavy atom. The number of allylic oxidation sites excluding steroid dienone is 4. The minimum absolute atomic E-state index is 0. The van der Waals surface area contributed by atoms with Crippen LogP contribution in [0.15, 0.2) is 48.6 Å². The molecule has 1 aliphatic carbocycles. The van der Waals surface area contributed by atoms with Gasteiger partial charge in [0.2, 0.25) is 0 Å². The molecule has 0 saturated carbocycles. The third kappa shape index (κ3) is 3.58. The predicted molar refractivity (Wildman–Crippen MR) is 70.6 cm³/mol. The zero-order valence-corrected chi connectivity index (χ0v) is 12.8. The van der Waals surface area contributed by atoms with E-state index in [1.807, 2.05) is 12.2 Å². The molecular formula is C16H16Zr. The second kappa shape index (κ2) is 6.81. The van der Waals surface area contributed by atoms with Crippen LogP contribution in [0.25, 0.3) is 10.8 Å². The summed E-state index contributed by atoms with van der Waals surface area (Å²) in [6.45, 7) is 4.32. The fraction of sp³-hybridized carbons (Fsp3) is 0.188. The number of hydrogen-bond donors (Lipinski definition) is 0. The Labute approximate surface area is 123 Å². The van der Waals surface area contributed by atoms with E-state index in [0.717, 1.165) is 6.42 Å².